The van der Waals surface area contributed by atoms with Gasteiger partial charge in [-0.05, 0) is 19.4 Å². The number of piperidine rings is 2. The molecular weight excluding hydrogens is 222 g/mol. The SMILES string of the molecule is Cl.OC1[C@@H]2[C@@H](O)CCCN2C[C@@H](O)[C@H]1O. The lowest BCUT2D eigenvalue weighted by atomic mass is 9.86. The summed E-state index contributed by atoms with van der Waals surface area (Å²) in [6.45, 7) is 1.10. The number of hydrogen-bond donors (Lipinski definition) is 4. The molecule has 0 radical (unpaired) electrons. The maximum absolute atomic E-state index is 9.70. The van der Waals surface area contributed by atoms with E-state index in [2.05, 4.69) is 0 Å². The van der Waals surface area contributed by atoms with Gasteiger partial charge >= 0.3 is 0 Å². The smallest absolute Gasteiger partial charge is 0.109 e. The van der Waals surface area contributed by atoms with E-state index in [1.165, 1.54) is 0 Å². The zero-order chi connectivity index (χ0) is 10.3. The van der Waals surface area contributed by atoms with Crippen LogP contribution in [0.3, 0.4) is 0 Å². The van der Waals surface area contributed by atoms with Gasteiger partial charge < -0.3 is 20.4 Å². The van der Waals surface area contributed by atoms with Crippen molar-refractivity contribution in [2.45, 2.75) is 43.3 Å². The first kappa shape index (κ1) is 13.2. The van der Waals surface area contributed by atoms with Crippen molar-refractivity contribution in [1.82, 2.24) is 4.90 Å². The summed E-state index contributed by atoms with van der Waals surface area (Å²) in [5.74, 6) is 0. The van der Waals surface area contributed by atoms with Gasteiger partial charge in [-0.15, -0.1) is 12.4 Å². The van der Waals surface area contributed by atoms with E-state index < -0.39 is 30.5 Å². The van der Waals surface area contributed by atoms with E-state index in [0.29, 0.717) is 13.0 Å². The molecule has 2 saturated heterocycles. The van der Waals surface area contributed by atoms with Crippen LogP contribution in [0.2, 0.25) is 0 Å². The Morgan fingerprint density at radius 1 is 0.933 bits per heavy atom. The van der Waals surface area contributed by atoms with E-state index in [0.717, 1.165) is 13.0 Å². The van der Waals surface area contributed by atoms with Crippen LogP contribution in [0.25, 0.3) is 0 Å². The fourth-order valence-electron chi connectivity index (χ4n) is 2.50. The summed E-state index contributed by atoms with van der Waals surface area (Å²) in [5, 5.41) is 38.3. The maximum atomic E-state index is 9.70. The first-order valence-corrected chi connectivity index (χ1v) is 5.07. The molecule has 6 heteroatoms. The average Bonchev–Trinajstić information content (AvgIpc) is 2.14. The topological polar surface area (TPSA) is 84.2 Å². The maximum Gasteiger partial charge on any atom is 0.109 e. The van der Waals surface area contributed by atoms with E-state index in [4.69, 9.17) is 0 Å². The normalized spacial score (nSPS) is 46.8. The lowest BCUT2D eigenvalue weighted by molar-refractivity contribution is -0.169. The summed E-state index contributed by atoms with van der Waals surface area (Å²) in [6.07, 6.45) is -2.17. The molecule has 0 amide bonds. The molecule has 1 unspecified atom stereocenters. The predicted octanol–water partition coefficient (Wildman–Crippen LogP) is -1.67. The Morgan fingerprint density at radius 2 is 1.60 bits per heavy atom. The van der Waals surface area contributed by atoms with Crippen molar-refractivity contribution in [3.05, 3.63) is 0 Å². The first-order valence-electron chi connectivity index (χ1n) is 5.07. The molecule has 2 rings (SSSR count). The zero-order valence-electron chi connectivity index (χ0n) is 8.36. The molecule has 2 aliphatic heterocycles. The van der Waals surface area contributed by atoms with Gasteiger partial charge in [0.2, 0.25) is 0 Å². The van der Waals surface area contributed by atoms with Crippen molar-refractivity contribution in [2.24, 2.45) is 0 Å². The van der Waals surface area contributed by atoms with Crippen molar-refractivity contribution in [1.29, 1.82) is 0 Å². The van der Waals surface area contributed by atoms with E-state index in [-0.39, 0.29) is 12.4 Å². The lowest BCUT2D eigenvalue weighted by Gasteiger charge is -2.48. The predicted molar refractivity (Wildman–Crippen MR) is 55.9 cm³/mol. The Hall–Kier alpha value is 0.0900. The second-order valence-corrected chi connectivity index (χ2v) is 4.24. The molecule has 15 heavy (non-hydrogen) atoms. The van der Waals surface area contributed by atoms with E-state index in [1.807, 2.05) is 4.90 Å². The number of fused-ring (bicyclic) bond motifs is 1. The van der Waals surface area contributed by atoms with Crippen LogP contribution in [0.5, 0.6) is 0 Å². The summed E-state index contributed by atoms with van der Waals surface area (Å²) in [6, 6.07) is -0.415. The molecule has 0 bridgehead atoms. The summed E-state index contributed by atoms with van der Waals surface area (Å²) in [7, 11) is 0. The molecule has 0 aromatic carbocycles. The van der Waals surface area contributed by atoms with Crippen LogP contribution in [0.15, 0.2) is 0 Å². The third-order valence-electron chi connectivity index (χ3n) is 3.28. The van der Waals surface area contributed by atoms with Gasteiger partial charge in [-0.3, -0.25) is 4.90 Å². The fraction of sp³-hybridized carbons (Fsp3) is 1.00. The molecule has 5 nitrogen and oxygen atoms in total. The molecule has 5 atom stereocenters. The molecule has 2 aliphatic rings. The molecule has 0 saturated carbocycles. The highest BCUT2D eigenvalue weighted by Crippen LogP contribution is 2.27. The number of aliphatic hydroxyl groups is 4. The Bertz CT molecular complexity index is 216. The highest BCUT2D eigenvalue weighted by Gasteiger charge is 2.45. The fourth-order valence-corrected chi connectivity index (χ4v) is 2.50. The van der Waals surface area contributed by atoms with Gasteiger partial charge in [-0.2, -0.15) is 0 Å². The Morgan fingerprint density at radius 3 is 2.27 bits per heavy atom. The molecule has 2 fully saturated rings. The zero-order valence-corrected chi connectivity index (χ0v) is 9.18. The highest BCUT2D eigenvalue weighted by molar-refractivity contribution is 5.85. The minimum Gasteiger partial charge on any atom is -0.391 e. The van der Waals surface area contributed by atoms with Gasteiger partial charge in [0.05, 0.1) is 18.2 Å². The molecule has 0 aromatic rings. The molecule has 4 N–H and O–H groups in total. The van der Waals surface area contributed by atoms with Crippen LogP contribution < -0.4 is 0 Å². The van der Waals surface area contributed by atoms with Crippen LogP contribution in [-0.2, 0) is 0 Å². The highest BCUT2D eigenvalue weighted by atomic mass is 35.5. The molecule has 0 spiro atoms. The van der Waals surface area contributed by atoms with Gasteiger partial charge in [0.15, 0.2) is 0 Å². The monoisotopic (exact) mass is 239 g/mol. The standard InChI is InChI=1S/C9H17NO4.ClH/c11-5-2-1-3-10-4-6(12)8(13)9(14)7(5)10;/h5-9,11-14H,1-4H2;1H/t5-,6+,7-,8+,9?;/m0./s1. The molecule has 2 heterocycles. The number of nitrogens with zero attached hydrogens (tertiary/aromatic N) is 1. The van der Waals surface area contributed by atoms with Crippen LogP contribution >= 0.6 is 12.4 Å². The minimum atomic E-state index is -1.14. The van der Waals surface area contributed by atoms with Crippen LogP contribution in [0.1, 0.15) is 12.8 Å². The second kappa shape index (κ2) is 4.95. The van der Waals surface area contributed by atoms with Gasteiger partial charge in [0.25, 0.3) is 0 Å². The van der Waals surface area contributed by atoms with Gasteiger partial charge in [-0.25, -0.2) is 0 Å². The van der Waals surface area contributed by atoms with Crippen LogP contribution in [0.4, 0.5) is 0 Å². The number of hydrogen-bond acceptors (Lipinski definition) is 5. The van der Waals surface area contributed by atoms with Crippen LogP contribution in [0, 0.1) is 0 Å². The quantitative estimate of drug-likeness (QED) is 0.406. The first-order chi connectivity index (χ1) is 6.61. The third kappa shape index (κ3) is 2.27. The van der Waals surface area contributed by atoms with E-state index in [1.54, 1.807) is 0 Å². The van der Waals surface area contributed by atoms with Gasteiger partial charge in [-0.1, -0.05) is 0 Å². The largest absolute Gasteiger partial charge is 0.391 e. The summed E-state index contributed by atoms with van der Waals surface area (Å²) in [5.41, 5.74) is 0. The van der Waals surface area contributed by atoms with Crippen molar-refractivity contribution >= 4 is 12.4 Å². The Balaban J connectivity index is 0.00000112. The number of rotatable bonds is 0. The Labute approximate surface area is 94.7 Å². The van der Waals surface area contributed by atoms with E-state index >= 15 is 0 Å². The van der Waals surface area contributed by atoms with Crippen molar-refractivity contribution in [3.8, 4) is 0 Å². The molecule has 0 aromatic heterocycles. The van der Waals surface area contributed by atoms with Gasteiger partial charge in [0.1, 0.15) is 12.2 Å². The van der Waals surface area contributed by atoms with Crippen molar-refractivity contribution in [2.75, 3.05) is 13.1 Å². The lowest BCUT2D eigenvalue weighted by Crippen LogP contribution is -2.66. The summed E-state index contributed by atoms with van der Waals surface area (Å²) >= 11 is 0. The third-order valence-corrected chi connectivity index (χ3v) is 3.28. The Kier molecular flexibility index (Phi) is 4.34. The molecular formula is C9H18ClNO4. The summed E-state index contributed by atoms with van der Waals surface area (Å²) in [4.78, 5) is 1.86. The van der Waals surface area contributed by atoms with E-state index in [9.17, 15) is 20.4 Å². The minimum absolute atomic E-state index is 0. The van der Waals surface area contributed by atoms with Gasteiger partial charge in [0, 0.05) is 6.54 Å². The second-order valence-electron chi connectivity index (χ2n) is 4.24. The average molecular weight is 240 g/mol. The van der Waals surface area contributed by atoms with Crippen molar-refractivity contribution in [3.63, 3.8) is 0 Å². The molecule has 90 valence electrons. The summed E-state index contributed by atoms with van der Waals surface area (Å²) < 4.78 is 0. The molecule has 0 aliphatic carbocycles. The van der Waals surface area contributed by atoms with Crippen LogP contribution in [-0.4, -0.2) is 68.9 Å². The number of halogens is 1. The number of aliphatic hydroxyl groups excluding tert-OH is 4. The van der Waals surface area contributed by atoms with Crippen molar-refractivity contribution < 1.29 is 20.4 Å².